The van der Waals surface area contributed by atoms with Crippen molar-refractivity contribution in [3.63, 3.8) is 0 Å². The highest BCUT2D eigenvalue weighted by Gasteiger charge is 2.15. The first kappa shape index (κ1) is 12.4. The summed E-state index contributed by atoms with van der Waals surface area (Å²) in [7, 11) is 2.21. The number of anilines is 1. The van der Waals surface area contributed by atoms with E-state index < -0.39 is 0 Å². The zero-order chi connectivity index (χ0) is 12.1. The van der Waals surface area contributed by atoms with Crippen LogP contribution in [0.5, 0.6) is 0 Å². The number of nitrogens with two attached hydrogens (primary N) is 1. The van der Waals surface area contributed by atoms with Gasteiger partial charge in [0.05, 0.1) is 6.54 Å². The fourth-order valence-electron chi connectivity index (χ4n) is 2.68. The Labute approximate surface area is 104 Å². The molecule has 17 heavy (non-hydrogen) atoms. The zero-order valence-corrected chi connectivity index (χ0v) is 10.8. The molecule has 0 radical (unpaired) electrons. The van der Waals surface area contributed by atoms with Crippen LogP contribution in [0.4, 0.5) is 5.82 Å². The van der Waals surface area contributed by atoms with Crippen LogP contribution in [-0.4, -0.2) is 34.8 Å². The second kappa shape index (κ2) is 6.05. The molecule has 4 nitrogen and oxygen atoms in total. The molecule has 0 aromatic carbocycles. The molecular formula is C13H24N4. The summed E-state index contributed by atoms with van der Waals surface area (Å²) in [5, 5.41) is 4.20. The van der Waals surface area contributed by atoms with Gasteiger partial charge in [-0.15, -0.1) is 0 Å². The van der Waals surface area contributed by atoms with E-state index in [2.05, 4.69) is 17.0 Å². The van der Waals surface area contributed by atoms with E-state index in [-0.39, 0.29) is 0 Å². The second-order valence-corrected chi connectivity index (χ2v) is 5.27. The van der Waals surface area contributed by atoms with E-state index >= 15 is 0 Å². The lowest BCUT2D eigenvalue weighted by Crippen LogP contribution is -2.30. The van der Waals surface area contributed by atoms with Gasteiger partial charge in [0.1, 0.15) is 5.82 Å². The Morgan fingerprint density at radius 3 is 2.82 bits per heavy atom. The van der Waals surface area contributed by atoms with Crippen LogP contribution in [0.15, 0.2) is 12.3 Å². The van der Waals surface area contributed by atoms with Gasteiger partial charge in [-0.2, -0.15) is 5.10 Å². The van der Waals surface area contributed by atoms with E-state index in [0.717, 1.165) is 19.0 Å². The first-order valence-corrected chi connectivity index (χ1v) is 6.71. The molecule has 1 aromatic heterocycles. The molecule has 0 aliphatic heterocycles. The predicted octanol–water partition coefficient (Wildman–Crippen LogP) is 1.98. The monoisotopic (exact) mass is 236 g/mol. The van der Waals surface area contributed by atoms with E-state index in [1.165, 1.54) is 38.6 Å². The SMILES string of the molecule is CN(CCn1ccc(N)n1)CC1CCCCC1. The van der Waals surface area contributed by atoms with Crippen molar-refractivity contribution in [1.82, 2.24) is 14.7 Å². The lowest BCUT2D eigenvalue weighted by Gasteiger charge is -2.26. The largest absolute Gasteiger partial charge is 0.382 e. The standard InChI is InChI=1S/C13H24N4/c1-16(11-12-5-3-2-4-6-12)9-10-17-8-7-13(14)15-17/h7-8,12H,2-6,9-11H2,1H3,(H2,14,15). The lowest BCUT2D eigenvalue weighted by molar-refractivity contribution is 0.225. The second-order valence-electron chi connectivity index (χ2n) is 5.27. The normalized spacial score (nSPS) is 17.8. The molecule has 0 spiro atoms. The number of rotatable bonds is 5. The Kier molecular flexibility index (Phi) is 4.42. The summed E-state index contributed by atoms with van der Waals surface area (Å²) in [6, 6.07) is 1.85. The van der Waals surface area contributed by atoms with E-state index in [4.69, 9.17) is 5.73 Å². The molecular weight excluding hydrogens is 212 g/mol. The fourth-order valence-corrected chi connectivity index (χ4v) is 2.68. The molecule has 0 unspecified atom stereocenters. The molecule has 0 bridgehead atoms. The minimum Gasteiger partial charge on any atom is -0.382 e. The van der Waals surface area contributed by atoms with Crippen molar-refractivity contribution in [1.29, 1.82) is 0 Å². The molecule has 0 saturated heterocycles. The summed E-state index contributed by atoms with van der Waals surface area (Å²) in [6.45, 7) is 3.22. The zero-order valence-electron chi connectivity index (χ0n) is 10.8. The van der Waals surface area contributed by atoms with Crippen LogP contribution in [0.1, 0.15) is 32.1 Å². The van der Waals surface area contributed by atoms with Crippen molar-refractivity contribution in [3.8, 4) is 0 Å². The highest BCUT2D eigenvalue weighted by Crippen LogP contribution is 2.23. The van der Waals surface area contributed by atoms with E-state index in [1.807, 2.05) is 16.9 Å². The number of nitrogens with zero attached hydrogens (tertiary/aromatic N) is 3. The van der Waals surface area contributed by atoms with Crippen LogP contribution < -0.4 is 5.73 Å². The van der Waals surface area contributed by atoms with Crippen molar-refractivity contribution in [2.24, 2.45) is 5.92 Å². The summed E-state index contributed by atoms with van der Waals surface area (Å²) in [4.78, 5) is 2.42. The lowest BCUT2D eigenvalue weighted by atomic mass is 9.89. The van der Waals surface area contributed by atoms with Crippen LogP contribution in [0.2, 0.25) is 0 Å². The Morgan fingerprint density at radius 1 is 1.41 bits per heavy atom. The highest BCUT2D eigenvalue weighted by atomic mass is 15.3. The first-order valence-electron chi connectivity index (χ1n) is 6.71. The van der Waals surface area contributed by atoms with Gasteiger partial charge in [0.15, 0.2) is 0 Å². The van der Waals surface area contributed by atoms with Crippen molar-refractivity contribution < 1.29 is 0 Å². The average molecular weight is 236 g/mol. The van der Waals surface area contributed by atoms with Crippen molar-refractivity contribution in [2.75, 3.05) is 25.9 Å². The molecule has 96 valence electrons. The molecule has 1 aliphatic rings. The summed E-state index contributed by atoms with van der Waals surface area (Å²) in [6.07, 6.45) is 9.07. The van der Waals surface area contributed by atoms with Gasteiger partial charge in [0.25, 0.3) is 0 Å². The number of hydrogen-bond acceptors (Lipinski definition) is 3. The number of aromatic nitrogens is 2. The van der Waals surface area contributed by atoms with Crippen LogP contribution in [-0.2, 0) is 6.54 Å². The van der Waals surface area contributed by atoms with Gasteiger partial charge in [-0.05, 0) is 31.9 Å². The van der Waals surface area contributed by atoms with Crippen LogP contribution in [0, 0.1) is 5.92 Å². The number of likely N-dealkylation sites (N-methyl/N-ethyl adjacent to an activating group) is 1. The number of nitrogen functional groups attached to an aromatic ring is 1. The molecule has 0 amide bonds. The van der Waals surface area contributed by atoms with Gasteiger partial charge in [-0.3, -0.25) is 4.68 Å². The molecule has 2 N–H and O–H groups in total. The van der Waals surface area contributed by atoms with Crippen molar-refractivity contribution in [2.45, 2.75) is 38.6 Å². The maximum Gasteiger partial charge on any atom is 0.145 e. The third-order valence-electron chi connectivity index (χ3n) is 3.67. The maximum absolute atomic E-state index is 5.59. The van der Waals surface area contributed by atoms with Gasteiger partial charge in [-0.1, -0.05) is 19.3 Å². The van der Waals surface area contributed by atoms with E-state index in [1.54, 1.807) is 0 Å². The van der Waals surface area contributed by atoms with Crippen LogP contribution >= 0.6 is 0 Å². The highest BCUT2D eigenvalue weighted by molar-refractivity contribution is 5.23. The Hall–Kier alpha value is -1.03. The van der Waals surface area contributed by atoms with Gasteiger partial charge in [0.2, 0.25) is 0 Å². The molecule has 1 aromatic rings. The van der Waals surface area contributed by atoms with Gasteiger partial charge >= 0.3 is 0 Å². The molecule has 0 atom stereocenters. The topological polar surface area (TPSA) is 47.1 Å². The van der Waals surface area contributed by atoms with Gasteiger partial charge < -0.3 is 10.6 Å². The molecule has 1 heterocycles. The van der Waals surface area contributed by atoms with Gasteiger partial charge in [0, 0.05) is 19.3 Å². The third kappa shape index (κ3) is 4.04. The van der Waals surface area contributed by atoms with E-state index in [0.29, 0.717) is 5.82 Å². The third-order valence-corrected chi connectivity index (χ3v) is 3.67. The summed E-state index contributed by atoms with van der Waals surface area (Å²) < 4.78 is 1.92. The minimum atomic E-state index is 0.611. The molecule has 4 heteroatoms. The average Bonchev–Trinajstić information content (AvgIpc) is 2.74. The summed E-state index contributed by atoms with van der Waals surface area (Å²) >= 11 is 0. The Bertz CT molecular complexity index is 328. The summed E-state index contributed by atoms with van der Waals surface area (Å²) in [5.41, 5.74) is 5.59. The number of hydrogen-bond donors (Lipinski definition) is 1. The van der Waals surface area contributed by atoms with E-state index in [9.17, 15) is 0 Å². The first-order chi connectivity index (χ1) is 8.24. The maximum atomic E-state index is 5.59. The minimum absolute atomic E-state index is 0.611. The fraction of sp³-hybridized carbons (Fsp3) is 0.769. The summed E-state index contributed by atoms with van der Waals surface area (Å²) in [5.74, 6) is 1.52. The smallest absolute Gasteiger partial charge is 0.145 e. The molecule has 1 saturated carbocycles. The van der Waals surface area contributed by atoms with Crippen LogP contribution in [0.25, 0.3) is 0 Å². The Morgan fingerprint density at radius 2 is 2.18 bits per heavy atom. The van der Waals surface area contributed by atoms with Crippen LogP contribution in [0.3, 0.4) is 0 Å². The molecule has 1 aliphatic carbocycles. The molecule has 2 rings (SSSR count). The van der Waals surface area contributed by atoms with Gasteiger partial charge in [-0.25, -0.2) is 0 Å². The Balaban J connectivity index is 1.68. The van der Waals surface area contributed by atoms with Crippen molar-refractivity contribution in [3.05, 3.63) is 12.3 Å². The predicted molar refractivity (Wildman–Crippen MR) is 70.7 cm³/mol. The van der Waals surface area contributed by atoms with Crippen molar-refractivity contribution >= 4 is 5.82 Å². The quantitative estimate of drug-likeness (QED) is 0.850. The molecule has 1 fully saturated rings.